The summed E-state index contributed by atoms with van der Waals surface area (Å²) in [6.07, 6.45) is 10.7. The zero-order valence-electron chi connectivity index (χ0n) is 20.7. The molecular formula is C29H35N2O4+. The maximum absolute atomic E-state index is 5.56. The molecule has 2 heterocycles. The third-order valence-corrected chi connectivity index (χ3v) is 6.21. The molecule has 0 amide bonds. The van der Waals surface area contributed by atoms with Gasteiger partial charge in [0.25, 0.3) is 0 Å². The number of rotatable bonds is 8. The highest BCUT2D eigenvalue weighted by atomic mass is 16.5. The second-order valence-corrected chi connectivity index (χ2v) is 8.34. The minimum Gasteiger partial charge on any atom is -0.497 e. The molecule has 4 rings (SSSR count). The van der Waals surface area contributed by atoms with Gasteiger partial charge in [-0.1, -0.05) is 18.2 Å². The third kappa shape index (κ3) is 6.84. The molecule has 2 saturated heterocycles. The fourth-order valence-electron chi connectivity index (χ4n) is 4.26. The van der Waals surface area contributed by atoms with Gasteiger partial charge in [-0.05, 0) is 60.2 Å². The lowest BCUT2D eigenvalue weighted by Crippen LogP contribution is -2.34. The minimum absolute atomic E-state index is 0.747. The Morgan fingerprint density at radius 2 is 1.31 bits per heavy atom. The van der Waals surface area contributed by atoms with Gasteiger partial charge in [0.05, 0.1) is 27.4 Å². The van der Waals surface area contributed by atoms with Crippen molar-refractivity contribution in [1.82, 2.24) is 4.90 Å². The highest BCUT2D eigenvalue weighted by Crippen LogP contribution is 2.23. The highest BCUT2D eigenvalue weighted by Gasteiger charge is 2.18. The summed E-state index contributed by atoms with van der Waals surface area (Å²) >= 11 is 0. The topological polar surface area (TPSA) is 43.2 Å². The first-order chi connectivity index (χ1) is 17.3. The Balaban J connectivity index is 1.56. The van der Waals surface area contributed by atoms with E-state index in [4.69, 9.17) is 18.9 Å². The van der Waals surface area contributed by atoms with Crippen LogP contribution >= 0.6 is 0 Å². The van der Waals surface area contributed by atoms with Crippen molar-refractivity contribution in [1.29, 1.82) is 0 Å². The van der Waals surface area contributed by atoms with Gasteiger partial charge in [0, 0.05) is 30.4 Å². The second-order valence-electron chi connectivity index (χ2n) is 8.34. The summed E-state index contributed by atoms with van der Waals surface area (Å²) in [6.45, 7) is 6.52. The van der Waals surface area contributed by atoms with Gasteiger partial charge in [-0.2, -0.15) is 0 Å². The number of morpholine rings is 2. The average Bonchev–Trinajstić information content (AvgIpc) is 2.94. The number of nitrogens with zero attached hydrogens (tertiary/aromatic N) is 2. The Kier molecular flexibility index (Phi) is 9.15. The van der Waals surface area contributed by atoms with Crippen LogP contribution in [0.4, 0.5) is 0 Å². The Morgan fingerprint density at radius 3 is 1.91 bits per heavy atom. The van der Waals surface area contributed by atoms with E-state index in [1.807, 2.05) is 24.3 Å². The fourth-order valence-corrected chi connectivity index (χ4v) is 4.26. The molecular weight excluding hydrogens is 440 g/mol. The molecule has 0 spiro atoms. The number of hydrogen-bond acceptors (Lipinski definition) is 5. The zero-order chi connectivity index (χ0) is 24.3. The van der Waals surface area contributed by atoms with Crippen LogP contribution in [-0.2, 0) is 9.47 Å². The first-order valence-electron chi connectivity index (χ1n) is 12.1. The molecule has 2 aliphatic rings. The maximum Gasteiger partial charge on any atom is 0.207 e. The van der Waals surface area contributed by atoms with E-state index in [9.17, 15) is 0 Å². The smallest absolute Gasteiger partial charge is 0.207 e. The third-order valence-electron chi connectivity index (χ3n) is 6.21. The van der Waals surface area contributed by atoms with Gasteiger partial charge in [-0.3, -0.25) is 0 Å². The van der Waals surface area contributed by atoms with Crippen LogP contribution in [0.5, 0.6) is 11.5 Å². The molecule has 0 atom stereocenters. The Labute approximate surface area is 208 Å². The van der Waals surface area contributed by atoms with Crippen molar-refractivity contribution in [2.24, 2.45) is 0 Å². The molecule has 2 fully saturated rings. The summed E-state index contributed by atoms with van der Waals surface area (Å²) in [5, 5.41) is 0. The summed E-state index contributed by atoms with van der Waals surface area (Å²) in [6, 6.07) is 16.5. The van der Waals surface area contributed by atoms with Crippen LogP contribution in [-0.4, -0.2) is 82.0 Å². The van der Waals surface area contributed by atoms with Crippen LogP contribution in [0.1, 0.15) is 11.1 Å². The molecule has 0 saturated carbocycles. The molecule has 0 aliphatic carbocycles. The van der Waals surface area contributed by atoms with Crippen molar-refractivity contribution >= 4 is 11.4 Å². The number of ether oxygens (including phenoxy) is 4. The molecule has 0 aromatic heterocycles. The normalized spacial score (nSPS) is 17.3. The van der Waals surface area contributed by atoms with Gasteiger partial charge in [-0.25, -0.2) is 4.58 Å². The van der Waals surface area contributed by atoms with Gasteiger partial charge in [-0.15, -0.1) is 0 Å². The Bertz CT molecular complexity index is 1050. The molecule has 0 N–H and O–H groups in total. The van der Waals surface area contributed by atoms with Crippen LogP contribution in [0.15, 0.2) is 78.9 Å². The monoisotopic (exact) mass is 475 g/mol. The van der Waals surface area contributed by atoms with E-state index in [1.54, 1.807) is 14.2 Å². The minimum atomic E-state index is 0.747. The van der Waals surface area contributed by atoms with Crippen LogP contribution in [0.3, 0.4) is 0 Å². The SMILES string of the molecule is COc1ccc(C(=CC=CC=CC(c2ccc(OC)cc2)=[N+]2CCOCC2)N2CCOCC2)cc1. The van der Waals surface area contributed by atoms with E-state index in [0.717, 1.165) is 64.1 Å². The summed E-state index contributed by atoms with van der Waals surface area (Å²) in [4.78, 5) is 2.38. The average molecular weight is 476 g/mol. The lowest BCUT2D eigenvalue weighted by atomic mass is 10.1. The number of benzene rings is 2. The van der Waals surface area contributed by atoms with Crippen molar-refractivity contribution in [3.8, 4) is 11.5 Å². The van der Waals surface area contributed by atoms with Crippen molar-refractivity contribution < 1.29 is 23.5 Å². The molecule has 184 valence electrons. The van der Waals surface area contributed by atoms with Gasteiger partial charge >= 0.3 is 0 Å². The number of methoxy groups -OCH3 is 2. The van der Waals surface area contributed by atoms with Crippen LogP contribution in [0, 0.1) is 0 Å². The van der Waals surface area contributed by atoms with E-state index in [-0.39, 0.29) is 0 Å². The van der Waals surface area contributed by atoms with Gasteiger partial charge in [0.1, 0.15) is 24.7 Å². The quantitative estimate of drug-likeness (QED) is 0.426. The summed E-state index contributed by atoms with van der Waals surface area (Å²) < 4.78 is 24.2. The largest absolute Gasteiger partial charge is 0.497 e. The fraction of sp³-hybridized carbons (Fsp3) is 0.345. The molecule has 2 aromatic carbocycles. The van der Waals surface area contributed by atoms with E-state index in [1.165, 1.54) is 22.5 Å². The Morgan fingerprint density at radius 1 is 0.743 bits per heavy atom. The zero-order valence-corrected chi connectivity index (χ0v) is 20.7. The van der Waals surface area contributed by atoms with Gasteiger partial charge < -0.3 is 23.8 Å². The van der Waals surface area contributed by atoms with Gasteiger partial charge in [0.2, 0.25) is 5.71 Å². The first kappa shape index (κ1) is 24.8. The molecule has 6 nitrogen and oxygen atoms in total. The molecule has 6 heteroatoms. The lowest BCUT2D eigenvalue weighted by molar-refractivity contribution is -0.548. The van der Waals surface area contributed by atoms with E-state index in [2.05, 4.69) is 64.1 Å². The van der Waals surface area contributed by atoms with Crippen LogP contribution in [0.25, 0.3) is 5.70 Å². The maximum atomic E-state index is 5.56. The molecule has 35 heavy (non-hydrogen) atoms. The first-order valence-corrected chi connectivity index (χ1v) is 12.1. The lowest BCUT2D eigenvalue weighted by Gasteiger charge is -2.31. The summed E-state index contributed by atoms with van der Waals surface area (Å²) in [5.74, 6) is 1.72. The van der Waals surface area contributed by atoms with Crippen molar-refractivity contribution in [3.05, 3.63) is 90.0 Å². The number of hydrogen-bond donors (Lipinski definition) is 0. The highest BCUT2D eigenvalue weighted by molar-refractivity contribution is 6.05. The van der Waals surface area contributed by atoms with Crippen molar-refractivity contribution in [3.63, 3.8) is 0 Å². The van der Waals surface area contributed by atoms with Crippen molar-refractivity contribution in [2.75, 3.05) is 66.8 Å². The predicted octanol–water partition coefficient (Wildman–Crippen LogP) is 4.02. The summed E-state index contributed by atoms with van der Waals surface area (Å²) in [7, 11) is 3.38. The van der Waals surface area contributed by atoms with E-state index < -0.39 is 0 Å². The van der Waals surface area contributed by atoms with Crippen LogP contribution in [0.2, 0.25) is 0 Å². The second kappa shape index (κ2) is 12.9. The summed E-state index contributed by atoms with van der Waals surface area (Å²) in [5.41, 5.74) is 4.71. The number of allylic oxidation sites excluding steroid dienone is 5. The molecule has 0 radical (unpaired) electrons. The molecule has 2 aliphatic heterocycles. The molecule has 0 bridgehead atoms. The van der Waals surface area contributed by atoms with Gasteiger partial charge in [0.15, 0.2) is 13.1 Å². The van der Waals surface area contributed by atoms with Crippen LogP contribution < -0.4 is 9.47 Å². The molecule has 2 aromatic rings. The van der Waals surface area contributed by atoms with Crippen molar-refractivity contribution in [2.45, 2.75) is 0 Å². The standard InChI is InChI=1S/C29H35N2O4/c1-32-26-12-8-24(9-13-26)28(30-16-20-34-21-17-30)6-4-3-5-7-29(31-18-22-35-23-19-31)25-10-14-27(33-2)15-11-25/h3-15H,16-23H2,1-2H3/q+1. The Hall–Kier alpha value is -3.35. The van der Waals surface area contributed by atoms with E-state index >= 15 is 0 Å². The predicted molar refractivity (Wildman–Crippen MR) is 140 cm³/mol. The molecule has 0 unspecified atom stereocenters. The van der Waals surface area contributed by atoms with E-state index in [0.29, 0.717) is 0 Å².